The summed E-state index contributed by atoms with van der Waals surface area (Å²) >= 11 is 24.7. The molecule has 6 unspecified atom stereocenters. The molecule has 2 saturated heterocycles. The molecule has 2 aromatic carbocycles. The zero-order valence-electron chi connectivity index (χ0n) is 34.3. The number of benzene rings is 2. The molecule has 10 heteroatoms. The van der Waals surface area contributed by atoms with Crippen LogP contribution in [-0.2, 0) is 31.9 Å². The minimum absolute atomic E-state index is 0.0204. The summed E-state index contributed by atoms with van der Waals surface area (Å²) in [7, 11) is 0. The van der Waals surface area contributed by atoms with Crippen LogP contribution in [0.15, 0.2) is 48.6 Å². The lowest BCUT2D eigenvalue weighted by Gasteiger charge is -2.35. The molecule has 6 nitrogen and oxygen atoms in total. The van der Waals surface area contributed by atoms with Crippen molar-refractivity contribution in [1.29, 1.82) is 0 Å². The van der Waals surface area contributed by atoms with E-state index >= 15 is 0 Å². The summed E-state index contributed by atoms with van der Waals surface area (Å²) < 4.78 is 12.6. The maximum atomic E-state index is 13.5. The molecule has 0 aromatic heterocycles. The highest BCUT2D eigenvalue weighted by Gasteiger charge is 2.67. The van der Waals surface area contributed by atoms with Gasteiger partial charge in [0.25, 0.3) is 0 Å². The largest absolute Gasteiger partial charge is 0.459 e. The van der Waals surface area contributed by atoms with E-state index in [0.717, 1.165) is 103 Å². The lowest BCUT2D eigenvalue weighted by atomic mass is 9.92. The average Bonchev–Trinajstić information content (AvgIpc) is 3.92. The molecule has 0 amide bonds. The van der Waals surface area contributed by atoms with Gasteiger partial charge in [0.1, 0.15) is 12.2 Å². The Morgan fingerprint density at radius 3 is 1.38 bits per heavy atom. The second-order valence-electron chi connectivity index (χ2n) is 19.3. The van der Waals surface area contributed by atoms with Crippen LogP contribution in [0, 0.1) is 22.7 Å². The predicted molar refractivity (Wildman–Crippen MR) is 230 cm³/mol. The number of halogens is 4. The molecule has 0 bridgehead atoms. The molecule has 56 heavy (non-hydrogen) atoms. The Hall–Kier alpha value is -1.80. The molecule has 4 aliphatic rings. The summed E-state index contributed by atoms with van der Waals surface area (Å²) in [6.07, 6.45) is 13.8. The van der Waals surface area contributed by atoms with Crippen molar-refractivity contribution >= 4 is 58.3 Å². The fraction of sp³-hybridized carbons (Fsp3) is 0.652. The number of aryl methyl sites for hydroxylation is 2. The van der Waals surface area contributed by atoms with Crippen molar-refractivity contribution in [3.8, 4) is 0 Å². The summed E-state index contributed by atoms with van der Waals surface area (Å²) in [6, 6.07) is 11.7. The van der Waals surface area contributed by atoms with Gasteiger partial charge < -0.3 is 9.47 Å². The molecule has 2 heterocycles. The number of rotatable bonds is 18. The van der Waals surface area contributed by atoms with E-state index in [-0.39, 0.29) is 34.1 Å². The number of hydrogen-bond donors (Lipinski definition) is 0. The Kier molecular flexibility index (Phi) is 13.9. The number of likely N-dealkylation sites (tertiary alicyclic amines) is 2. The minimum atomic E-state index is -0.460. The Balaban J connectivity index is 1.04. The van der Waals surface area contributed by atoms with Gasteiger partial charge in [0.2, 0.25) is 0 Å². The van der Waals surface area contributed by atoms with Crippen molar-refractivity contribution in [2.75, 3.05) is 26.2 Å². The second-order valence-corrected chi connectivity index (χ2v) is 20.9. The zero-order chi connectivity index (χ0) is 40.5. The van der Waals surface area contributed by atoms with Crippen molar-refractivity contribution in [3.05, 3.63) is 79.8 Å². The van der Waals surface area contributed by atoms with Gasteiger partial charge in [-0.25, -0.2) is 9.59 Å². The number of unbranched alkanes of at least 4 members (excludes halogenated alkanes) is 4. The number of fused-ring (bicyclic) bond motifs is 2. The van der Waals surface area contributed by atoms with Crippen LogP contribution in [0.3, 0.4) is 0 Å². The van der Waals surface area contributed by atoms with E-state index in [2.05, 4.69) is 51.3 Å². The normalized spacial score (nSPS) is 25.9. The van der Waals surface area contributed by atoms with Crippen molar-refractivity contribution in [3.63, 3.8) is 0 Å². The standard InChI is InChI=1S/C46H62Cl4N2O4/c1-43(2,3)51-27-33-25-45(33,29-51)39(15-11-7-9-13-31-17-19-35(47)37(49)23-31)55-41(53)21-22-42(54)56-40(46-26-34(46)28-52(30-46)44(4,5)6)16-12-8-10-14-32-18-20-36(48)38(50)24-32/h17-24,33-34,39-40H,7-16,25-30H2,1-6H3/b22-21-. The van der Waals surface area contributed by atoms with Crippen LogP contribution in [0.2, 0.25) is 20.1 Å². The number of carbonyl (C=O) groups is 2. The number of carbonyl (C=O) groups excluding carboxylic acids is 2. The number of piperidine rings is 2. The SMILES string of the molecule is CC(C)(C)N1CC2CC2(C(CCCCCc2ccc(Cl)c(Cl)c2)OC(=O)/C=C\C(=O)OC(CCCCCc2ccc(Cl)c(Cl)c2)C23CC2CN(C(C)(C)C)C3)C1. The molecule has 2 saturated carbocycles. The Labute approximate surface area is 355 Å². The number of nitrogens with zero attached hydrogens (tertiary/aromatic N) is 2. The van der Waals surface area contributed by atoms with Crippen LogP contribution >= 0.6 is 46.4 Å². The number of esters is 2. The molecule has 0 radical (unpaired) electrons. The van der Waals surface area contributed by atoms with Gasteiger partial charge in [0, 0.05) is 60.2 Å². The van der Waals surface area contributed by atoms with Crippen LogP contribution in [0.4, 0.5) is 0 Å². The van der Waals surface area contributed by atoms with Crippen LogP contribution in [0.5, 0.6) is 0 Å². The molecule has 4 fully saturated rings. The molecule has 6 atom stereocenters. The average molecular weight is 849 g/mol. The van der Waals surface area contributed by atoms with Gasteiger partial charge in [-0.2, -0.15) is 0 Å². The number of ether oxygens (including phenoxy) is 2. The fourth-order valence-electron chi connectivity index (χ4n) is 9.55. The quantitative estimate of drug-likeness (QED) is 0.0846. The highest BCUT2D eigenvalue weighted by Crippen LogP contribution is 2.63. The van der Waals surface area contributed by atoms with Gasteiger partial charge in [0.05, 0.1) is 20.1 Å². The number of hydrogen-bond acceptors (Lipinski definition) is 6. The maximum Gasteiger partial charge on any atom is 0.331 e. The van der Waals surface area contributed by atoms with Gasteiger partial charge in [0.15, 0.2) is 0 Å². The third-order valence-corrected chi connectivity index (χ3v) is 14.8. The summed E-state index contributed by atoms with van der Waals surface area (Å²) in [5.41, 5.74) is 2.43. The zero-order valence-corrected chi connectivity index (χ0v) is 37.3. The van der Waals surface area contributed by atoms with E-state index in [9.17, 15) is 9.59 Å². The molecule has 6 rings (SSSR count). The van der Waals surface area contributed by atoms with Crippen molar-refractivity contribution in [2.24, 2.45) is 22.7 Å². The summed E-state index contributed by atoms with van der Waals surface area (Å²) in [4.78, 5) is 32.0. The van der Waals surface area contributed by atoms with Crippen LogP contribution < -0.4 is 0 Å². The monoisotopic (exact) mass is 846 g/mol. The van der Waals surface area contributed by atoms with Gasteiger partial charge in [-0.1, -0.05) is 71.4 Å². The molecular weight excluding hydrogens is 786 g/mol. The summed E-state index contributed by atoms with van der Waals surface area (Å²) in [6.45, 7) is 17.4. The van der Waals surface area contributed by atoms with E-state index < -0.39 is 11.9 Å². The van der Waals surface area contributed by atoms with Crippen molar-refractivity contribution in [1.82, 2.24) is 9.80 Å². The highest BCUT2D eigenvalue weighted by atomic mass is 35.5. The second kappa shape index (κ2) is 17.8. The van der Waals surface area contributed by atoms with E-state index in [0.29, 0.717) is 31.9 Å². The van der Waals surface area contributed by atoms with E-state index in [1.54, 1.807) is 0 Å². The smallest absolute Gasteiger partial charge is 0.331 e. The lowest BCUT2D eigenvalue weighted by molar-refractivity contribution is -0.150. The first-order valence-electron chi connectivity index (χ1n) is 20.9. The molecule has 0 spiro atoms. The first kappa shape index (κ1) is 43.8. The first-order chi connectivity index (χ1) is 26.4. The van der Waals surface area contributed by atoms with E-state index in [1.807, 2.05) is 36.4 Å². The van der Waals surface area contributed by atoms with Gasteiger partial charge in [-0.3, -0.25) is 9.80 Å². The molecule has 2 aliphatic carbocycles. The highest BCUT2D eigenvalue weighted by molar-refractivity contribution is 6.42. The third-order valence-electron chi connectivity index (χ3n) is 13.3. The molecule has 2 aliphatic heterocycles. The Morgan fingerprint density at radius 1 is 0.643 bits per heavy atom. The first-order valence-corrected chi connectivity index (χ1v) is 22.4. The third kappa shape index (κ3) is 10.7. The van der Waals surface area contributed by atoms with Crippen molar-refractivity contribution in [2.45, 2.75) is 142 Å². The molecular formula is C46H62Cl4N2O4. The molecule has 0 N–H and O–H groups in total. The van der Waals surface area contributed by atoms with E-state index in [1.165, 1.54) is 23.3 Å². The molecule has 308 valence electrons. The lowest BCUT2D eigenvalue weighted by Crippen LogP contribution is -2.43. The minimum Gasteiger partial charge on any atom is -0.459 e. The Bertz CT molecular complexity index is 1630. The van der Waals surface area contributed by atoms with Gasteiger partial charge in [-0.05, 0) is 153 Å². The predicted octanol–water partition coefficient (Wildman–Crippen LogP) is 11.8. The van der Waals surface area contributed by atoms with Gasteiger partial charge in [-0.15, -0.1) is 0 Å². The summed E-state index contributed by atoms with van der Waals surface area (Å²) in [5, 5.41) is 2.31. The molecule has 2 aromatic rings. The van der Waals surface area contributed by atoms with Crippen LogP contribution in [0.25, 0.3) is 0 Å². The van der Waals surface area contributed by atoms with Gasteiger partial charge >= 0.3 is 11.9 Å². The summed E-state index contributed by atoms with van der Waals surface area (Å²) in [5.74, 6) is 0.134. The van der Waals surface area contributed by atoms with Crippen molar-refractivity contribution < 1.29 is 19.1 Å². The Morgan fingerprint density at radius 2 is 1.04 bits per heavy atom. The fourth-order valence-corrected chi connectivity index (χ4v) is 10.2. The van der Waals surface area contributed by atoms with Crippen LogP contribution in [0.1, 0.15) is 117 Å². The van der Waals surface area contributed by atoms with Crippen LogP contribution in [-0.4, -0.2) is 71.2 Å². The maximum absolute atomic E-state index is 13.5. The topological polar surface area (TPSA) is 59.1 Å². The van der Waals surface area contributed by atoms with E-state index in [4.69, 9.17) is 55.9 Å².